The number of anilines is 1. The molecule has 0 unspecified atom stereocenters. The summed E-state index contributed by atoms with van der Waals surface area (Å²) in [6.45, 7) is 1.05. The zero-order valence-corrected chi connectivity index (χ0v) is 14.6. The molecule has 5 nitrogen and oxygen atoms in total. The number of halogens is 6. The Hall–Kier alpha value is -2.01. The van der Waals surface area contributed by atoms with E-state index in [1.807, 2.05) is 19.0 Å². The van der Waals surface area contributed by atoms with Gasteiger partial charge in [0, 0.05) is 13.1 Å². The minimum Gasteiger partial charge on any atom is -0.381 e. The Labute approximate surface area is 147 Å². The molecule has 0 aliphatic heterocycles. The number of likely N-dealkylation sites (N-methyl/N-ethyl adjacent to an activating group) is 1. The molecule has 0 aliphatic carbocycles. The van der Waals surface area contributed by atoms with Gasteiger partial charge in [-0.2, -0.15) is 9.78 Å². The molecule has 0 atom stereocenters. The van der Waals surface area contributed by atoms with Crippen molar-refractivity contribution in [2.45, 2.75) is 0 Å². The molecule has 0 fully saturated rings. The van der Waals surface area contributed by atoms with Crippen molar-refractivity contribution in [2.75, 3.05) is 32.5 Å². The van der Waals surface area contributed by atoms with E-state index in [9.17, 15) is 26.7 Å². The average molecular weight is 427 g/mol. The lowest BCUT2D eigenvalue weighted by Gasteiger charge is -2.14. The van der Waals surface area contributed by atoms with E-state index in [1.54, 1.807) is 0 Å². The Kier molecular flexibility index (Phi) is 5.78. The van der Waals surface area contributed by atoms with Gasteiger partial charge in [-0.1, -0.05) is 0 Å². The molecule has 0 spiro atoms. The van der Waals surface area contributed by atoms with Crippen LogP contribution in [0.3, 0.4) is 0 Å². The van der Waals surface area contributed by atoms with Crippen LogP contribution in [0.15, 0.2) is 15.5 Å². The normalized spacial score (nSPS) is 11.2. The Morgan fingerprint density at radius 3 is 2.12 bits per heavy atom. The molecule has 25 heavy (non-hydrogen) atoms. The van der Waals surface area contributed by atoms with Gasteiger partial charge in [-0.15, -0.1) is 0 Å². The van der Waals surface area contributed by atoms with Gasteiger partial charge in [-0.05, 0) is 30.0 Å². The highest BCUT2D eigenvalue weighted by Crippen LogP contribution is 2.26. The molecule has 0 bridgehead atoms. The lowest BCUT2D eigenvalue weighted by atomic mass is 10.2. The number of hydrogen-bond donors (Lipinski definition) is 1. The lowest BCUT2D eigenvalue weighted by molar-refractivity contribution is 0.373. The van der Waals surface area contributed by atoms with Crippen LogP contribution >= 0.6 is 15.9 Å². The topological polar surface area (TPSA) is 50.2 Å². The summed E-state index contributed by atoms with van der Waals surface area (Å²) >= 11 is 2.94. The van der Waals surface area contributed by atoms with E-state index in [2.05, 4.69) is 26.3 Å². The fourth-order valence-electron chi connectivity index (χ4n) is 1.91. The van der Waals surface area contributed by atoms with E-state index in [0.29, 0.717) is 13.1 Å². The number of nitrogens with zero attached hydrogens (tertiary/aromatic N) is 3. The Morgan fingerprint density at radius 2 is 1.60 bits per heavy atom. The highest BCUT2D eigenvalue weighted by atomic mass is 79.9. The van der Waals surface area contributed by atoms with Crippen LogP contribution in [0.1, 0.15) is 0 Å². The van der Waals surface area contributed by atoms with Gasteiger partial charge in [0.25, 0.3) is 5.56 Å². The van der Waals surface area contributed by atoms with Crippen LogP contribution in [-0.2, 0) is 0 Å². The molecule has 0 amide bonds. The van der Waals surface area contributed by atoms with E-state index >= 15 is 0 Å². The molecule has 2 aromatic rings. The third-order valence-corrected chi connectivity index (χ3v) is 3.96. The predicted octanol–water partition coefficient (Wildman–Crippen LogP) is 2.66. The second-order valence-electron chi connectivity index (χ2n) is 5.24. The van der Waals surface area contributed by atoms with Gasteiger partial charge in [0.1, 0.15) is 10.2 Å². The first kappa shape index (κ1) is 19.3. The van der Waals surface area contributed by atoms with Gasteiger partial charge in [-0.25, -0.2) is 22.0 Å². The Morgan fingerprint density at radius 1 is 1.08 bits per heavy atom. The van der Waals surface area contributed by atoms with Crippen molar-refractivity contribution in [3.8, 4) is 5.69 Å². The summed E-state index contributed by atoms with van der Waals surface area (Å²) in [6.07, 6.45) is 1.04. The van der Waals surface area contributed by atoms with E-state index < -0.39 is 40.3 Å². The third-order valence-electron chi connectivity index (χ3n) is 3.19. The molecule has 1 heterocycles. The highest BCUT2D eigenvalue weighted by molar-refractivity contribution is 9.10. The standard InChI is InChI=1S/C14H12BrF5N4O/c1-23(2)4-3-21-6-5-22-24(14(25)7(6)15)13-11(19)9(17)8(16)10(18)12(13)20/h5,21H,3-4H2,1-2H3. The van der Waals surface area contributed by atoms with Gasteiger partial charge in [-0.3, -0.25) is 4.79 Å². The van der Waals surface area contributed by atoms with Crippen LogP contribution in [0.25, 0.3) is 5.69 Å². The van der Waals surface area contributed by atoms with Crippen LogP contribution < -0.4 is 10.9 Å². The molecule has 2 rings (SSSR count). The second kappa shape index (κ2) is 7.48. The summed E-state index contributed by atoms with van der Waals surface area (Å²) in [7, 11) is 3.66. The van der Waals surface area contributed by atoms with Gasteiger partial charge < -0.3 is 10.2 Å². The predicted molar refractivity (Wildman–Crippen MR) is 84.4 cm³/mol. The van der Waals surface area contributed by atoms with Crippen LogP contribution in [0.5, 0.6) is 0 Å². The minimum atomic E-state index is -2.31. The molecule has 0 saturated heterocycles. The smallest absolute Gasteiger partial charge is 0.288 e. The summed E-state index contributed by atoms with van der Waals surface area (Å²) in [5.74, 6) is -10.9. The quantitative estimate of drug-likeness (QED) is 0.453. The summed E-state index contributed by atoms with van der Waals surface area (Å²) in [5, 5.41) is 6.37. The lowest BCUT2D eigenvalue weighted by Crippen LogP contribution is -2.27. The van der Waals surface area contributed by atoms with Gasteiger partial charge in [0.05, 0.1) is 11.9 Å². The number of rotatable bonds is 5. The summed E-state index contributed by atoms with van der Waals surface area (Å²) in [6, 6.07) is 0. The molecule has 1 N–H and O–H groups in total. The Balaban J connectivity index is 2.53. The highest BCUT2D eigenvalue weighted by Gasteiger charge is 2.28. The van der Waals surface area contributed by atoms with Crippen LogP contribution in [-0.4, -0.2) is 41.9 Å². The number of hydrogen-bond acceptors (Lipinski definition) is 4. The number of aromatic nitrogens is 2. The third kappa shape index (κ3) is 3.66. The summed E-state index contributed by atoms with van der Waals surface area (Å²) in [4.78, 5) is 14.1. The van der Waals surface area contributed by atoms with Crippen molar-refractivity contribution in [3.05, 3.63) is 50.1 Å². The molecule has 0 aliphatic rings. The first-order chi connectivity index (χ1) is 11.7. The van der Waals surface area contributed by atoms with Crippen molar-refractivity contribution in [1.82, 2.24) is 14.7 Å². The maximum atomic E-state index is 13.8. The van der Waals surface area contributed by atoms with Gasteiger partial charge >= 0.3 is 0 Å². The van der Waals surface area contributed by atoms with Crippen LogP contribution in [0.2, 0.25) is 0 Å². The average Bonchev–Trinajstić information content (AvgIpc) is 2.56. The van der Waals surface area contributed by atoms with Crippen molar-refractivity contribution >= 4 is 21.6 Å². The monoisotopic (exact) mass is 426 g/mol. The fourth-order valence-corrected chi connectivity index (χ4v) is 2.32. The first-order valence-electron chi connectivity index (χ1n) is 6.85. The molecular formula is C14H12BrF5N4O. The van der Waals surface area contributed by atoms with Crippen LogP contribution in [0, 0.1) is 29.1 Å². The van der Waals surface area contributed by atoms with Crippen molar-refractivity contribution < 1.29 is 22.0 Å². The summed E-state index contributed by atoms with van der Waals surface area (Å²) < 4.78 is 67.3. The number of benzene rings is 1. The molecule has 1 aromatic carbocycles. The SMILES string of the molecule is CN(C)CCNc1cnn(-c2c(F)c(F)c(F)c(F)c2F)c(=O)c1Br. The molecule has 1 aromatic heterocycles. The zero-order valence-electron chi connectivity index (χ0n) is 13.0. The maximum Gasteiger partial charge on any atom is 0.288 e. The molecule has 0 saturated carbocycles. The zero-order chi connectivity index (χ0) is 18.9. The second-order valence-corrected chi connectivity index (χ2v) is 6.03. The van der Waals surface area contributed by atoms with E-state index in [-0.39, 0.29) is 14.8 Å². The van der Waals surface area contributed by atoms with Crippen molar-refractivity contribution in [1.29, 1.82) is 0 Å². The fraction of sp³-hybridized carbons (Fsp3) is 0.286. The van der Waals surface area contributed by atoms with Gasteiger partial charge in [0.2, 0.25) is 5.82 Å². The molecular weight excluding hydrogens is 415 g/mol. The molecule has 11 heteroatoms. The Bertz CT molecular complexity index is 842. The van der Waals surface area contributed by atoms with E-state index in [1.165, 1.54) is 0 Å². The molecule has 136 valence electrons. The van der Waals surface area contributed by atoms with E-state index in [4.69, 9.17) is 0 Å². The largest absolute Gasteiger partial charge is 0.381 e. The van der Waals surface area contributed by atoms with Crippen molar-refractivity contribution in [2.24, 2.45) is 0 Å². The van der Waals surface area contributed by atoms with Gasteiger partial charge in [0.15, 0.2) is 23.3 Å². The van der Waals surface area contributed by atoms with Crippen molar-refractivity contribution in [3.63, 3.8) is 0 Å². The molecule has 0 radical (unpaired) electrons. The summed E-state index contributed by atoms with van der Waals surface area (Å²) in [5.41, 5.74) is -2.31. The van der Waals surface area contributed by atoms with Crippen LogP contribution in [0.4, 0.5) is 27.6 Å². The number of nitrogens with one attached hydrogen (secondary N) is 1. The first-order valence-corrected chi connectivity index (χ1v) is 7.64. The van der Waals surface area contributed by atoms with E-state index in [0.717, 1.165) is 6.20 Å². The minimum absolute atomic E-state index is 0.109. The maximum absolute atomic E-state index is 13.8.